The number of anilines is 1. The standard InChI is InChI=1S/C28H32N2O3/c1-20-8-7-11-22(14-20)23-15-24(19-30(18-23)17-21-9-5-4-6-10-21)28(31)29-26-13-12-25(32-2)16-27(26)33-3/h4-14,16,23-24H,15,17-19H2,1-3H3,(H,29,31). The van der Waals surface area contributed by atoms with E-state index in [1.807, 2.05) is 18.2 Å². The maximum Gasteiger partial charge on any atom is 0.228 e. The van der Waals surface area contributed by atoms with E-state index in [1.165, 1.54) is 16.7 Å². The van der Waals surface area contributed by atoms with Gasteiger partial charge in [0.15, 0.2) is 0 Å². The van der Waals surface area contributed by atoms with Crippen LogP contribution < -0.4 is 14.8 Å². The lowest BCUT2D eigenvalue weighted by Gasteiger charge is -2.37. The van der Waals surface area contributed by atoms with Crippen molar-refractivity contribution < 1.29 is 14.3 Å². The van der Waals surface area contributed by atoms with E-state index in [0.717, 1.165) is 26.1 Å². The van der Waals surface area contributed by atoms with Crippen LogP contribution in [0.2, 0.25) is 0 Å². The molecule has 1 fully saturated rings. The van der Waals surface area contributed by atoms with Crippen molar-refractivity contribution in [2.24, 2.45) is 5.92 Å². The summed E-state index contributed by atoms with van der Waals surface area (Å²) in [7, 11) is 3.21. The number of methoxy groups -OCH3 is 2. The Labute approximate surface area is 196 Å². The number of nitrogens with one attached hydrogen (secondary N) is 1. The average molecular weight is 445 g/mol. The summed E-state index contributed by atoms with van der Waals surface area (Å²) in [5.74, 6) is 1.48. The molecule has 3 aromatic carbocycles. The molecule has 1 amide bonds. The van der Waals surface area contributed by atoms with Crippen LogP contribution in [0.4, 0.5) is 5.69 Å². The molecule has 1 heterocycles. The van der Waals surface area contributed by atoms with Crippen LogP contribution in [-0.4, -0.2) is 38.1 Å². The molecule has 5 nitrogen and oxygen atoms in total. The number of hydrogen-bond acceptors (Lipinski definition) is 4. The highest BCUT2D eigenvalue weighted by atomic mass is 16.5. The van der Waals surface area contributed by atoms with E-state index in [9.17, 15) is 4.79 Å². The van der Waals surface area contributed by atoms with Gasteiger partial charge in [0.2, 0.25) is 5.91 Å². The highest BCUT2D eigenvalue weighted by molar-refractivity contribution is 5.94. The van der Waals surface area contributed by atoms with Gasteiger partial charge in [-0.1, -0.05) is 60.2 Å². The van der Waals surface area contributed by atoms with E-state index >= 15 is 0 Å². The fraction of sp³-hybridized carbons (Fsp3) is 0.321. The summed E-state index contributed by atoms with van der Waals surface area (Å²) in [6, 6.07) is 24.6. The number of nitrogens with zero attached hydrogens (tertiary/aromatic N) is 1. The number of benzene rings is 3. The number of amides is 1. The monoisotopic (exact) mass is 444 g/mol. The van der Waals surface area contributed by atoms with Gasteiger partial charge in [0.25, 0.3) is 0 Å². The van der Waals surface area contributed by atoms with E-state index in [2.05, 4.69) is 65.7 Å². The third-order valence-corrected chi connectivity index (χ3v) is 6.33. The molecule has 0 radical (unpaired) electrons. The SMILES string of the molecule is COc1ccc(NC(=O)C2CC(c3cccc(C)c3)CN(Cc3ccccc3)C2)c(OC)c1. The smallest absolute Gasteiger partial charge is 0.228 e. The van der Waals surface area contributed by atoms with Crippen molar-refractivity contribution in [2.45, 2.75) is 25.8 Å². The van der Waals surface area contributed by atoms with Gasteiger partial charge in [-0.15, -0.1) is 0 Å². The second-order valence-corrected chi connectivity index (χ2v) is 8.78. The van der Waals surface area contributed by atoms with Crippen LogP contribution in [0.3, 0.4) is 0 Å². The number of carbonyl (C=O) groups is 1. The lowest BCUT2D eigenvalue weighted by Crippen LogP contribution is -2.43. The van der Waals surface area contributed by atoms with Crippen molar-refractivity contribution in [2.75, 3.05) is 32.6 Å². The highest BCUT2D eigenvalue weighted by Gasteiger charge is 2.33. The third-order valence-electron chi connectivity index (χ3n) is 6.33. The van der Waals surface area contributed by atoms with Crippen LogP contribution in [0.5, 0.6) is 11.5 Å². The Morgan fingerprint density at radius 3 is 2.52 bits per heavy atom. The first-order chi connectivity index (χ1) is 16.1. The fourth-order valence-electron chi connectivity index (χ4n) is 4.65. The van der Waals surface area contributed by atoms with Crippen LogP contribution in [-0.2, 0) is 11.3 Å². The Hall–Kier alpha value is -3.31. The minimum atomic E-state index is -0.125. The molecule has 1 saturated heterocycles. The minimum Gasteiger partial charge on any atom is -0.497 e. The van der Waals surface area contributed by atoms with Gasteiger partial charge >= 0.3 is 0 Å². The lowest BCUT2D eigenvalue weighted by molar-refractivity contribution is -0.121. The normalized spacial score (nSPS) is 18.5. The van der Waals surface area contributed by atoms with Gasteiger partial charge in [-0.25, -0.2) is 0 Å². The fourth-order valence-corrected chi connectivity index (χ4v) is 4.65. The Morgan fingerprint density at radius 2 is 1.79 bits per heavy atom. The first-order valence-corrected chi connectivity index (χ1v) is 11.4. The predicted octanol–water partition coefficient (Wildman–Crippen LogP) is 5.26. The number of rotatable bonds is 7. The summed E-state index contributed by atoms with van der Waals surface area (Å²) in [6.07, 6.45) is 0.818. The molecule has 2 unspecified atom stereocenters. The number of piperidine rings is 1. The van der Waals surface area contributed by atoms with Crippen LogP contribution in [0.1, 0.15) is 29.0 Å². The molecule has 5 heteroatoms. The first-order valence-electron chi connectivity index (χ1n) is 11.4. The zero-order valence-corrected chi connectivity index (χ0v) is 19.6. The molecule has 0 aromatic heterocycles. The summed E-state index contributed by atoms with van der Waals surface area (Å²) in [4.78, 5) is 15.8. The molecule has 0 saturated carbocycles. The van der Waals surface area contributed by atoms with E-state index in [-0.39, 0.29) is 11.8 Å². The maximum atomic E-state index is 13.4. The molecule has 172 valence electrons. The number of ether oxygens (including phenoxy) is 2. The lowest BCUT2D eigenvalue weighted by atomic mass is 9.83. The third kappa shape index (κ3) is 5.74. The zero-order chi connectivity index (χ0) is 23.2. The minimum absolute atomic E-state index is 0.0221. The summed E-state index contributed by atoms with van der Waals surface area (Å²) in [5, 5.41) is 3.10. The number of likely N-dealkylation sites (tertiary alicyclic amines) is 1. The molecule has 0 spiro atoms. The molecule has 1 aliphatic heterocycles. The molecular formula is C28H32N2O3. The van der Waals surface area contributed by atoms with E-state index in [0.29, 0.717) is 23.1 Å². The van der Waals surface area contributed by atoms with Crippen LogP contribution >= 0.6 is 0 Å². The Balaban J connectivity index is 1.55. The highest BCUT2D eigenvalue weighted by Crippen LogP contribution is 2.34. The van der Waals surface area contributed by atoms with Gasteiger partial charge in [-0.3, -0.25) is 9.69 Å². The van der Waals surface area contributed by atoms with Gasteiger partial charge < -0.3 is 14.8 Å². The van der Waals surface area contributed by atoms with Gasteiger partial charge in [-0.05, 0) is 42.5 Å². The van der Waals surface area contributed by atoms with Gasteiger partial charge in [0, 0.05) is 25.7 Å². The quantitative estimate of drug-likeness (QED) is 0.540. The molecule has 0 bridgehead atoms. The molecule has 33 heavy (non-hydrogen) atoms. The number of hydrogen-bond donors (Lipinski definition) is 1. The van der Waals surface area contributed by atoms with Crippen molar-refractivity contribution in [1.29, 1.82) is 0 Å². The number of aryl methyl sites for hydroxylation is 1. The van der Waals surface area contributed by atoms with E-state index in [4.69, 9.17) is 9.47 Å². The second-order valence-electron chi connectivity index (χ2n) is 8.78. The van der Waals surface area contributed by atoms with Gasteiger partial charge in [0.05, 0.1) is 25.8 Å². The molecule has 2 atom stereocenters. The van der Waals surface area contributed by atoms with Crippen molar-refractivity contribution in [3.05, 3.63) is 89.5 Å². The van der Waals surface area contributed by atoms with Crippen molar-refractivity contribution >= 4 is 11.6 Å². The van der Waals surface area contributed by atoms with Crippen LogP contribution in [0.25, 0.3) is 0 Å². The molecular weight excluding hydrogens is 412 g/mol. The number of carbonyl (C=O) groups excluding carboxylic acids is 1. The van der Waals surface area contributed by atoms with Crippen molar-refractivity contribution in [3.8, 4) is 11.5 Å². The molecule has 3 aromatic rings. The summed E-state index contributed by atoms with van der Waals surface area (Å²) >= 11 is 0. The largest absolute Gasteiger partial charge is 0.497 e. The van der Waals surface area contributed by atoms with Crippen molar-refractivity contribution in [1.82, 2.24) is 4.90 Å². The van der Waals surface area contributed by atoms with Crippen LogP contribution in [0.15, 0.2) is 72.8 Å². The Morgan fingerprint density at radius 1 is 0.970 bits per heavy atom. The maximum absolute atomic E-state index is 13.4. The molecule has 0 aliphatic carbocycles. The predicted molar refractivity (Wildman–Crippen MR) is 132 cm³/mol. The van der Waals surface area contributed by atoms with Crippen molar-refractivity contribution in [3.63, 3.8) is 0 Å². The van der Waals surface area contributed by atoms with E-state index in [1.54, 1.807) is 20.3 Å². The van der Waals surface area contributed by atoms with E-state index < -0.39 is 0 Å². The van der Waals surface area contributed by atoms with Gasteiger partial charge in [-0.2, -0.15) is 0 Å². The molecule has 4 rings (SSSR count). The molecule has 1 aliphatic rings. The second kappa shape index (κ2) is 10.5. The zero-order valence-electron chi connectivity index (χ0n) is 19.6. The summed E-state index contributed by atoms with van der Waals surface area (Å²) in [5.41, 5.74) is 4.47. The first kappa shape index (κ1) is 22.9. The summed E-state index contributed by atoms with van der Waals surface area (Å²) in [6.45, 7) is 4.61. The Bertz CT molecular complexity index is 1080. The van der Waals surface area contributed by atoms with Gasteiger partial charge in [0.1, 0.15) is 11.5 Å². The average Bonchev–Trinajstić information content (AvgIpc) is 2.84. The topological polar surface area (TPSA) is 50.8 Å². The Kier molecular flexibility index (Phi) is 7.30. The molecule has 1 N–H and O–H groups in total. The van der Waals surface area contributed by atoms with Crippen LogP contribution in [0, 0.1) is 12.8 Å². The summed E-state index contributed by atoms with van der Waals surface area (Å²) < 4.78 is 10.8.